The highest BCUT2D eigenvalue weighted by Crippen LogP contribution is 2.13. The Morgan fingerprint density at radius 1 is 1.37 bits per heavy atom. The molecule has 0 radical (unpaired) electrons. The van der Waals surface area contributed by atoms with Crippen LogP contribution in [0.2, 0.25) is 0 Å². The van der Waals surface area contributed by atoms with Gasteiger partial charge in [0.15, 0.2) is 0 Å². The molecule has 0 saturated carbocycles. The summed E-state index contributed by atoms with van der Waals surface area (Å²) >= 11 is 0. The Labute approximate surface area is 115 Å². The predicted molar refractivity (Wildman–Crippen MR) is 77.4 cm³/mol. The summed E-state index contributed by atoms with van der Waals surface area (Å²) in [5.74, 6) is 0. The van der Waals surface area contributed by atoms with Crippen molar-refractivity contribution in [3.8, 4) is 0 Å². The Hall–Kier alpha value is -1.52. The molecule has 1 aromatic rings. The summed E-state index contributed by atoms with van der Waals surface area (Å²) in [5, 5.41) is 10.3. The van der Waals surface area contributed by atoms with E-state index in [1.165, 1.54) is 11.3 Å². The lowest BCUT2D eigenvalue weighted by molar-refractivity contribution is 0.237. The van der Waals surface area contributed by atoms with Crippen LogP contribution in [-0.2, 0) is 13.0 Å². The van der Waals surface area contributed by atoms with Crippen LogP contribution in [0.3, 0.4) is 0 Å². The summed E-state index contributed by atoms with van der Waals surface area (Å²) in [6, 6.07) is 0.124. The molecule has 0 bridgehead atoms. The summed E-state index contributed by atoms with van der Waals surface area (Å²) in [7, 11) is 0. The zero-order valence-electron chi connectivity index (χ0n) is 12.7. The number of aryl methyl sites for hydroxylation is 2. The molecule has 5 nitrogen and oxygen atoms in total. The summed E-state index contributed by atoms with van der Waals surface area (Å²) < 4.78 is 2.00. The monoisotopic (exact) mass is 266 g/mol. The molecule has 1 unspecified atom stereocenters. The predicted octanol–water partition coefficient (Wildman–Crippen LogP) is 2.16. The van der Waals surface area contributed by atoms with Crippen LogP contribution in [0.25, 0.3) is 0 Å². The van der Waals surface area contributed by atoms with E-state index < -0.39 is 0 Å². The summed E-state index contributed by atoms with van der Waals surface area (Å²) in [4.78, 5) is 11.6. The van der Waals surface area contributed by atoms with Crippen LogP contribution >= 0.6 is 0 Å². The molecule has 108 valence electrons. The maximum absolute atomic E-state index is 11.6. The maximum atomic E-state index is 11.6. The van der Waals surface area contributed by atoms with E-state index in [9.17, 15) is 4.79 Å². The minimum Gasteiger partial charge on any atom is -0.338 e. The van der Waals surface area contributed by atoms with E-state index in [2.05, 4.69) is 36.5 Å². The molecule has 1 rings (SSSR count). The van der Waals surface area contributed by atoms with Crippen LogP contribution in [0.15, 0.2) is 0 Å². The first kappa shape index (κ1) is 15.5. The number of hydrogen-bond donors (Lipinski definition) is 2. The average molecular weight is 266 g/mol. The van der Waals surface area contributed by atoms with Crippen molar-refractivity contribution in [2.45, 2.75) is 60.0 Å². The van der Waals surface area contributed by atoms with Crippen molar-refractivity contribution in [2.24, 2.45) is 0 Å². The van der Waals surface area contributed by atoms with Crippen molar-refractivity contribution < 1.29 is 4.79 Å². The number of rotatable bonds is 6. The van der Waals surface area contributed by atoms with Gasteiger partial charge in [0.1, 0.15) is 0 Å². The first-order valence-corrected chi connectivity index (χ1v) is 7.06. The number of aromatic nitrogens is 2. The van der Waals surface area contributed by atoms with E-state index in [-0.39, 0.29) is 12.1 Å². The van der Waals surface area contributed by atoms with Gasteiger partial charge in [0.25, 0.3) is 0 Å². The number of carbonyl (C=O) groups is 1. The smallest absolute Gasteiger partial charge is 0.315 e. The Kier molecular flexibility index (Phi) is 5.86. The quantitative estimate of drug-likeness (QED) is 0.829. The third-order valence-corrected chi connectivity index (χ3v) is 3.48. The van der Waals surface area contributed by atoms with Gasteiger partial charge < -0.3 is 10.6 Å². The summed E-state index contributed by atoms with van der Waals surface area (Å²) in [6.45, 7) is 11.8. The van der Waals surface area contributed by atoms with E-state index in [0.717, 1.165) is 25.1 Å². The third kappa shape index (κ3) is 4.26. The minimum atomic E-state index is -0.0902. The van der Waals surface area contributed by atoms with Crippen molar-refractivity contribution >= 4 is 6.03 Å². The number of nitrogens with one attached hydrogen (secondary N) is 2. The fourth-order valence-electron chi connectivity index (χ4n) is 2.08. The molecule has 2 amide bonds. The second-order valence-corrected chi connectivity index (χ2v) is 4.92. The maximum Gasteiger partial charge on any atom is 0.315 e. The van der Waals surface area contributed by atoms with Gasteiger partial charge in [-0.25, -0.2) is 4.79 Å². The molecular weight excluding hydrogens is 240 g/mol. The zero-order chi connectivity index (χ0) is 14.4. The largest absolute Gasteiger partial charge is 0.338 e. The summed E-state index contributed by atoms with van der Waals surface area (Å²) in [5.41, 5.74) is 3.50. The lowest BCUT2D eigenvalue weighted by Gasteiger charge is -2.12. The zero-order valence-corrected chi connectivity index (χ0v) is 12.7. The molecule has 1 heterocycles. The van der Waals surface area contributed by atoms with Crippen molar-refractivity contribution in [3.63, 3.8) is 0 Å². The molecule has 0 aliphatic carbocycles. The van der Waals surface area contributed by atoms with Crippen molar-refractivity contribution in [1.82, 2.24) is 20.4 Å². The number of hydrogen-bond acceptors (Lipinski definition) is 2. The molecule has 0 saturated heterocycles. The van der Waals surface area contributed by atoms with E-state index >= 15 is 0 Å². The van der Waals surface area contributed by atoms with Gasteiger partial charge in [-0.1, -0.05) is 6.92 Å². The Balaban J connectivity index is 2.45. The van der Waals surface area contributed by atoms with Gasteiger partial charge in [0, 0.05) is 24.8 Å². The van der Waals surface area contributed by atoms with Gasteiger partial charge >= 0.3 is 6.03 Å². The van der Waals surface area contributed by atoms with Crippen LogP contribution in [0.4, 0.5) is 4.79 Å². The van der Waals surface area contributed by atoms with Crippen molar-refractivity contribution in [3.05, 3.63) is 17.0 Å². The average Bonchev–Trinajstić information content (AvgIpc) is 2.65. The molecule has 2 N–H and O–H groups in total. The SMILES string of the molecule is CCC(C)NC(=O)NCCc1c(C)nn(CC)c1C. The van der Waals surface area contributed by atoms with Gasteiger partial charge in [-0.15, -0.1) is 0 Å². The molecule has 19 heavy (non-hydrogen) atoms. The molecule has 0 fully saturated rings. The van der Waals surface area contributed by atoms with E-state index in [1.54, 1.807) is 0 Å². The second-order valence-electron chi connectivity index (χ2n) is 4.92. The van der Waals surface area contributed by atoms with Gasteiger partial charge in [0.2, 0.25) is 0 Å². The van der Waals surface area contributed by atoms with Crippen molar-refractivity contribution in [2.75, 3.05) is 6.54 Å². The van der Waals surface area contributed by atoms with Gasteiger partial charge in [0.05, 0.1) is 5.69 Å². The molecule has 0 spiro atoms. The molecule has 0 aliphatic rings. The van der Waals surface area contributed by atoms with Gasteiger partial charge in [-0.05, 0) is 46.1 Å². The fraction of sp³-hybridized carbons (Fsp3) is 0.714. The Bertz CT molecular complexity index is 425. The molecular formula is C14H26N4O. The Morgan fingerprint density at radius 2 is 2.05 bits per heavy atom. The number of urea groups is 1. The lowest BCUT2D eigenvalue weighted by Crippen LogP contribution is -2.41. The third-order valence-electron chi connectivity index (χ3n) is 3.48. The molecule has 0 aromatic carbocycles. The van der Waals surface area contributed by atoms with Crippen LogP contribution in [0, 0.1) is 13.8 Å². The standard InChI is InChI=1S/C14H26N4O/c1-6-10(3)16-14(19)15-9-8-13-11(4)17-18(7-2)12(13)5/h10H,6-9H2,1-5H3,(H2,15,16,19). The van der Waals surface area contributed by atoms with Crippen molar-refractivity contribution in [1.29, 1.82) is 0 Å². The van der Waals surface area contributed by atoms with Crippen LogP contribution in [-0.4, -0.2) is 28.4 Å². The first-order valence-electron chi connectivity index (χ1n) is 7.06. The highest BCUT2D eigenvalue weighted by Gasteiger charge is 2.11. The fourth-order valence-corrected chi connectivity index (χ4v) is 2.08. The lowest BCUT2D eigenvalue weighted by atomic mass is 10.1. The molecule has 0 aliphatic heterocycles. The molecule has 1 atom stereocenters. The number of carbonyl (C=O) groups excluding carboxylic acids is 1. The first-order chi connectivity index (χ1) is 8.99. The van der Waals surface area contributed by atoms with Crippen LogP contribution in [0.1, 0.15) is 44.1 Å². The molecule has 5 heteroatoms. The highest BCUT2D eigenvalue weighted by molar-refractivity contribution is 5.74. The number of amides is 2. The van der Waals surface area contributed by atoms with Gasteiger partial charge in [-0.2, -0.15) is 5.10 Å². The minimum absolute atomic E-state index is 0.0902. The number of nitrogens with zero attached hydrogens (tertiary/aromatic N) is 2. The van der Waals surface area contributed by atoms with E-state index in [1.807, 2.05) is 18.5 Å². The summed E-state index contributed by atoms with van der Waals surface area (Å²) in [6.07, 6.45) is 1.76. The topological polar surface area (TPSA) is 59.0 Å². The molecule has 1 aromatic heterocycles. The van der Waals surface area contributed by atoms with E-state index in [0.29, 0.717) is 6.54 Å². The van der Waals surface area contributed by atoms with E-state index in [4.69, 9.17) is 0 Å². The Morgan fingerprint density at radius 3 is 2.58 bits per heavy atom. The van der Waals surface area contributed by atoms with Crippen LogP contribution in [0.5, 0.6) is 0 Å². The van der Waals surface area contributed by atoms with Crippen LogP contribution < -0.4 is 10.6 Å². The van der Waals surface area contributed by atoms with Gasteiger partial charge in [-0.3, -0.25) is 4.68 Å². The highest BCUT2D eigenvalue weighted by atomic mass is 16.2. The second kappa shape index (κ2) is 7.16. The normalized spacial score (nSPS) is 12.3.